The molecule has 1 saturated heterocycles. The molecule has 0 aromatic carbocycles. The smallest absolute Gasteiger partial charge is 0.195 e. The largest absolute Gasteiger partial charge is 0.370 e. The third-order valence-electron chi connectivity index (χ3n) is 2.79. The van der Waals surface area contributed by atoms with E-state index in [1.807, 2.05) is 38.0 Å². The lowest BCUT2D eigenvalue weighted by Crippen LogP contribution is -2.36. The van der Waals surface area contributed by atoms with E-state index in [4.69, 9.17) is 4.74 Å². The molecule has 16 heavy (non-hydrogen) atoms. The summed E-state index contributed by atoms with van der Waals surface area (Å²) < 4.78 is 5.91. The number of rotatable bonds is 2. The molecule has 4 nitrogen and oxygen atoms in total. The summed E-state index contributed by atoms with van der Waals surface area (Å²) in [5, 5.41) is 0. The molecule has 0 N–H and O–H groups in total. The molecule has 0 amide bonds. The zero-order valence-corrected chi connectivity index (χ0v) is 11.4. The molecule has 1 aliphatic rings. The lowest BCUT2D eigenvalue weighted by Gasteiger charge is -2.23. The summed E-state index contributed by atoms with van der Waals surface area (Å²) >= 11 is 0. The Morgan fingerprint density at radius 3 is 2.19 bits per heavy atom. The molecule has 1 heterocycles. The van der Waals surface area contributed by atoms with E-state index in [-0.39, 0.29) is 11.7 Å². The van der Waals surface area contributed by atoms with Gasteiger partial charge in [-0.1, -0.05) is 0 Å². The Bertz CT molecular complexity index is 249. The maximum atomic E-state index is 5.91. The summed E-state index contributed by atoms with van der Waals surface area (Å²) in [4.78, 5) is 8.67. The van der Waals surface area contributed by atoms with Gasteiger partial charge in [0, 0.05) is 28.2 Å². The van der Waals surface area contributed by atoms with Crippen molar-refractivity contribution in [1.29, 1.82) is 0 Å². The van der Waals surface area contributed by atoms with Crippen molar-refractivity contribution in [3.05, 3.63) is 0 Å². The van der Waals surface area contributed by atoms with Crippen molar-refractivity contribution in [2.24, 2.45) is 4.99 Å². The molecule has 1 atom stereocenters. The van der Waals surface area contributed by atoms with Gasteiger partial charge in [0.2, 0.25) is 0 Å². The molecule has 0 bridgehead atoms. The van der Waals surface area contributed by atoms with Crippen molar-refractivity contribution < 1.29 is 4.74 Å². The maximum Gasteiger partial charge on any atom is 0.195 e. The molecule has 94 valence electrons. The predicted octanol–water partition coefficient (Wildman–Crippen LogP) is 1.42. The minimum atomic E-state index is 0.0383. The van der Waals surface area contributed by atoms with Gasteiger partial charge in [-0.05, 0) is 26.7 Å². The van der Waals surface area contributed by atoms with Gasteiger partial charge in [0.25, 0.3) is 0 Å². The number of ether oxygens (including phenoxy) is 1. The topological polar surface area (TPSA) is 28.1 Å². The van der Waals surface area contributed by atoms with Gasteiger partial charge >= 0.3 is 0 Å². The van der Waals surface area contributed by atoms with E-state index in [9.17, 15) is 0 Å². The Hall–Kier alpha value is -0.770. The first-order valence-electron chi connectivity index (χ1n) is 5.89. The van der Waals surface area contributed by atoms with Gasteiger partial charge in [0.1, 0.15) is 0 Å². The molecule has 0 aliphatic carbocycles. The highest BCUT2D eigenvalue weighted by atomic mass is 16.5. The number of hydrogen-bond donors (Lipinski definition) is 0. The van der Waals surface area contributed by atoms with E-state index >= 15 is 0 Å². The zero-order chi connectivity index (χ0) is 12.3. The molecule has 0 radical (unpaired) electrons. The molecule has 1 unspecified atom stereocenters. The standard InChI is InChI=1S/C12H25N3O/c1-12(2)8-7-10(16-12)9-13-11(14(3)4)15(5)6/h10H,7-9H2,1-6H3. The second-order valence-electron chi connectivity index (χ2n) is 5.47. The molecule has 4 heteroatoms. The van der Waals surface area contributed by atoms with Gasteiger partial charge in [0.15, 0.2) is 5.96 Å². The van der Waals surface area contributed by atoms with Gasteiger partial charge < -0.3 is 14.5 Å². The van der Waals surface area contributed by atoms with Crippen LogP contribution in [0.5, 0.6) is 0 Å². The third kappa shape index (κ3) is 3.67. The van der Waals surface area contributed by atoms with Gasteiger partial charge in [-0.25, -0.2) is 0 Å². The van der Waals surface area contributed by atoms with Crippen molar-refractivity contribution in [2.75, 3.05) is 34.7 Å². The van der Waals surface area contributed by atoms with Crippen LogP contribution < -0.4 is 0 Å². The summed E-state index contributed by atoms with van der Waals surface area (Å²) in [6.07, 6.45) is 2.53. The molecule has 1 fully saturated rings. The first-order valence-corrected chi connectivity index (χ1v) is 5.89. The van der Waals surface area contributed by atoms with E-state index in [2.05, 4.69) is 18.8 Å². The molecular formula is C12H25N3O. The first-order chi connectivity index (χ1) is 7.32. The number of hydrogen-bond acceptors (Lipinski definition) is 2. The summed E-state index contributed by atoms with van der Waals surface area (Å²) in [6.45, 7) is 5.06. The van der Waals surface area contributed by atoms with Crippen LogP contribution in [0.4, 0.5) is 0 Å². The normalized spacial score (nSPS) is 23.0. The highest BCUT2D eigenvalue weighted by Gasteiger charge is 2.31. The summed E-state index contributed by atoms with van der Waals surface area (Å²) in [7, 11) is 8.05. The lowest BCUT2D eigenvalue weighted by atomic mass is 10.1. The molecule has 0 aromatic heterocycles. The number of nitrogens with zero attached hydrogens (tertiary/aromatic N) is 3. The zero-order valence-electron chi connectivity index (χ0n) is 11.4. The van der Waals surface area contributed by atoms with Crippen LogP contribution in [0.1, 0.15) is 26.7 Å². The quantitative estimate of drug-likeness (QED) is 0.527. The van der Waals surface area contributed by atoms with Crippen LogP contribution in [0, 0.1) is 0 Å². The minimum absolute atomic E-state index is 0.0383. The summed E-state index contributed by atoms with van der Waals surface area (Å²) in [5.74, 6) is 0.994. The maximum absolute atomic E-state index is 5.91. The van der Waals surface area contributed by atoms with Crippen molar-refractivity contribution in [2.45, 2.75) is 38.4 Å². The van der Waals surface area contributed by atoms with E-state index in [0.29, 0.717) is 0 Å². The van der Waals surface area contributed by atoms with Crippen LogP contribution in [0.25, 0.3) is 0 Å². The van der Waals surface area contributed by atoms with Crippen LogP contribution in [0.2, 0.25) is 0 Å². The van der Waals surface area contributed by atoms with Gasteiger partial charge in [-0.3, -0.25) is 4.99 Å². The predicted molar refractivity (Wildman–Crippen MR) is 67.9 cm³/mol. The molecular weight excluding hydrogens is 202 g/mol. The van der Waals surface area contributed by atoms with Crippen LogP contribution in [-0.4, -0.2) is 62.2 Å². The van der Waals surface area contributed by atoms with Gasteiger partial charge in [0.05, 0.1) is 18.2 Å². The average Bonchev–Trinajstić information content (AvgIpc) is 2.44. The Kier molecular flexibility index (Phi) is 4.19. The fourth-order valence-corrected chi connectivity index (χ4v) is 2.07. The first kappa shape index (κ1) is 13.3. The average molecular weight is 227 g/mol. The lowest BCUT2D eigenvalue weighted by molar-refractivity contribution is -0.0107. The van der Waals surface area contributed by atoms with Crippen molar-refractivity contribution in [3.8, 4) is 0 Å². The summed E-state index contributed by atoms with van der Waals surface area (Å²) in [5.41, 5.74) is 0.0383. The number of guanidine groups is 1. The van der Waals surface area contributed by atoms with E-state index in [0.717, 1.165) is 25.3 Å². The monoisotopic (exact) mass is 227 g/mol. The molecule has 0 saturated carbocycles. The number of aliphatic imine (C=N–C) groups is 1. The fraction of sp³-hybridized carbons (Fsp3) is 0.917. The fourth-order valence-electron chi connectivity index (χ4n) is 2.07. The Morgan fingerprint density at radius 2 is 1.81 bits per heavy atom. The van der Waals surface area contributed by atoms with Crippen molar-refractivity contribution in [3.63, 3.8) is 0 Å². The molecule has 1 aliphatic heterocycles. The van der Waals surface area contributed by atoms with E-state index < -0.39 is 0 Å². The summed E-state index contributed by atoms with van der Waals surface area (Å²) in [6, 6.07) is 0. The Balaban J connectivity index is 2.52. The second-order valence-corrected chi connectivity index (χ2v) is 5.47. The van der Waals surface area contributed by atoms with E-state index in [1.54, 1.807) is 0 Å². The van der Waals surface area contributed by atoms with Crippen LogP contribution in [-0.2, 0) is 4.74 Å². The van der Waals surface area contributed by atoms with Crippen molar-refractivity contribution in [1.82, 2.24) is 9.80 Å². The van der Waals surface area contributed by atoms with E-state index in [1.165, 1.54) is 0 Å². The molecule has 1 rings (SSSR count). The Labute approximate surface area is 99.3 Å². The highest BCUT2D eigenvalue weighted by Crippen LogP contribution is 2.29. The second kappa shape index (κ2) is 5.04. The van der Waals surface area contributed by atoms with Crippen molar-refractivity contribution >= 4 is 5.96 Å². The van der Waals surface area contributed by atoms with Gasteiger partial charge in [-0.2, -0.15) is 0 Å². The highest BCUT2D eigenvalue weighted by molar-refractivity contribution is 5.79. The Morgan fingerprint density at radius 1 is 1.25 bits per heavy atom. The van der Waals surface area contributed by atoms with Crippen LogP contribution in [0.3, 0.4) is 0 Å². The van der Waals surface area contributed by atoms with Crippen LogP contribution >= 0.6 is 0 Å². The SMILES string of the molecule is CN(C)C(=NCC1CCC(C)(C)O1)N(C)C. The minimum Gasteiger partial charge on any atom is -0.370 e. The third-order valence-corrected chi connectivity index (χ3v) is 2.79. The molecule has 0 spiro atoms. The molecule has 0 aromatic rings. The van der Waals surface area contributed by atoms with Gasteiger partial charge in [-0.15, -0.1) is 0 Å². The van der Waals surface area contributed by atoms with Crippen LogP contribution in [0.15, 0.2) is 4.99 Å².